The molecule has 1 aromatic rings. The molecule has 3 aliphatic rings. The summed E-state index contributed by atoms with van der Waals surface area (Å²) < 4.78 is 26.0. The predicted molar refractivity (Wildman–Crippen MR) is 62.5 cm³/mol. The lowest BCUT2D eigenvalue weighted by atomic mass is 9.98. The third-order valence-electron chi connectivity index (χ3n) is 3.79. The number of benzene rings is 1. The number of hydrogen-bond donors (Lipinski definition) is 0. The van der Waals surface area contributed by atoms with Crippen LogP contribution in [0.2, 0.25) is 0 Å². The van der Waals surface area contributed by atoms with Crippen molar-refractivity contribution in [2.24, 2.45) is 0 Å². The summed E-state index contributed by atoms with van der Waals surface area (Å²) in [6.45, 7) is 4.42. The van der Waals surface area contributed by atoms with Crippen molar-refractivity contribution in [2.45, 2.75) is 6.04 Å². The highest BCUT2D eigenvalue weighted by molar-refractivity contribution is 6.00. The standard InChI is InChI=1S/C13H14F2N2O/c14-10-2-1-9(7-11(10)15)13(18)12-8-16-3-5-17(12)6-4-16/h1-2,7,12H,3-6,8H2. The van der Waals surface area contributed by atoms with Crippen LogP contribution in [0.15, 0.2) is 18.2 Å². The van der Waals surface area contributed by atoms with Gasteiger partial charge < -0.3 is 0 Å². The molecule has 3 heterocycles. The molecule has 0 saturated carbocycles. The quantitative estimate of drug-likeness (QED) is 0.738. The van der Waals surface area contributed by atoms with Crippen LogP contribution in [0.4, 0.5) is 8.78 Å². The Balaban J connectivity index is 1.84. The summed E-state index contributed by atoms with van der Waals surface area (Å²) in [5.74, 6) is -1.99. The first-order chi connectivity index (χ1) is 8.65. The molecule has 1 atom stereocenters. The number of Topliss-reactive ketones (excluding diaryl/α,β-unsaturated/α-hetero) is 1. The van der Waals surface area contributed by atoms with Gasteiger partial charge in [-0.3, -0.25) is 14.6 Å². The molecule has 3 saturated heterocycles. The summed E-state index contributed by atoms with van der Waals surface area (Å²) in [4.78, 5) is 16.7. The van der Waals surface area contributed by atoms with Crippen molar-refractivity contribution >= 4 is 5.78 Å². The van der Waals surface area contributed by atoms with Crippen molar-refractivity contribution in [1.29, 1.82) is 0 Å². The fourth-order valence-corrected chi connectivity index (χ4v) is 2.71. The van der Waals surface area contributed by atoms with Crippen molar-refractivity contribution < 1.29 is 13.6 Å². The normalized spacial score (nSPS) is 30.4. The number of carbonyl (C=O) groups excluding carboxylic acids is 1. The van der Waals surface area contributed by atoms with Gasteiger partial charge in [-0.15, -0.1) is 0 Å². The third kappa shape index (κ3) is 1.93. The first-order valence-corrected chi connectivity index (χ1v) is 6.11. The molecule has 0 aliphatic carbocycles. The van der Waals surface area contributed by atoms with E-state index in [-0.39, 0.29) is 17.4 Å². The Morgan fingerprint density at radius 2 is 1.83 bits per heavy atom. The third-order valence-corrected chi connectivity index (χ3v) is 3.79. The van der Waals surface area contributed by atoms with Gasteiger partial charge in [0.15, 0.2) is 17.4 Å². The van der Waals surface area contributed by atoms with E-state index in [0.717, 1.165) is 38.3 Å². The van der Waals surface area contributed by atoms with Crippen LogP contribution in [0.1, 0.15) is 10.4 Å². The van der Waals surface area contributed by atoms with Gasteiger partial charge in [-0.1, -0.05) is 0 Å². The van der Waals surface area contributed by atoms with E-state index in [1.807, 2.05) is 0 Å². The van der Waals surface area contributed by atoms with E-state index in [0.29, 0.717) is 6.54 Å². The zero-order chi connectivity index (χ0) is 12.7. The van der Waals surface area contributed by atoms with Crippen molar-refractivity contribution in [3.63, 3.8) is 0 Å². The molecule has 3 fully saturated rings. The molecule has 0 spiro atoms. The minimum atomic E-state index is -0.961. The largest absolute Gasteiger partial charge is 0.299 e. The van der Waals surface area contributed by atoms with Gasteiger partial charge in [-0.05, 0) is 18.2 Å². The Morgan fingerprint density at radius 3 is 2.39 bits per heavy atom. The van der Waals surface area contributed by atoms with E-state index in [4.69, 9.17) is 0 Å². The zero-order valence-corrected chi connectivity index (χ0v) is 9.90. The fraction of sp³-hybridized carbons (Fsp3) is 0.462. The lowest BCUT2D eigenvalue weighted by Crippen LogP contribution is -2.63. The Morgan fingerprint density at radius 1 is 1.11 bits per heavy atom. The molecule has 3 nitrogen and oxygen atoms in total. The van der Waals surface area contributed by atoms with Crippen molar-refractivity contribution in [3.05, 3.63) is 35.4 Å². The molecular formula is C13H14F2N2O. The smallest absolute Gasteiger partial charge is 0.181 e. The summed E-state index contributed by atoms with van der Waals surface area (Å²) in [6.07, 6.45) is 0. The SMILES string of the molecule is O=C(c1ccc(F)c(F)c1)C1CN2CCN1CC2. The molecule has 4 rings (SSSR count). The van der Waals surface area contributed by atoms with Gasteiger partial charge in [-0.25, -0.2) is 8.78 Å². The average molecular weight is 252 g/mol. The summed E-state index contributed by atoms with van der Waals surface area (Å²) in [5, 5.41) is 0. The predicted octanol–water partition coefficient (Wildman–Crippen LogP) is 1.15. The van der Waals surface area contributed by atoms with E-state index in [9.17, 15) is 13.6 Å². The summed E-state index contributed by atoms with van der Waals surface area (Å²) in [6, 6.07) is 3.16. The topological polar surface area (TPSA) is 23.6 Å². The van der Waals surface area contributed by atoms with Crippen LogP contribution >= 0.6 is 0 Å². The number of piperazine rings is 3. The second-order valence-electron chi connectivity index (χ2n) is 4.85. The van der Waals surface area contributed by atoms with Crippen LogP contribution in [-0.2, 0) is 0 Å². The fourth-order valence-electron chi connectivity index (χ4n) is 2.71. The maximum atomic E-state index is 13.1. The number of halogens is 2. The number of rotatable bonds is 2. The Hall–Kier alpha value is -1.33. The maximum absolute atomic E-state index is 13.1. The highest BCUT2D eigenvalue weighted by Gasteiger charge is 2.36. The number of hydrogen-bond acceptors (Lipinski definition) is 3. The molecule has 0 amide bonds. The van der Waals surface area contributed by atoms with Gasteiger partial charge >= 0.3 is 0 Å². The van der Waals surface area contributed by atoms with Crippen LogP contribution in [0.3, 0.4) is 0 Å². The molecule has 1 aromatic carbocycles. The molecule has 2 bridgehead atoms. The van der Waals surface area contributed by atoms with E-state index in [1.54, 1.807) is 0 Å². The molecule has 0 aromatic heterocycles. The van der Waals surface area contributed by atoms with Crippen LogP contribution in [0.5, 0.6) is 0 Å². The first kappa shape index (κ1) is 11.7. The van der Waals surface area contributed by atoms with E-state index in [1.165, 1.54) is 6.07 Å². The monoisotopic (exact) mass is 252 g/mol. The lowest BCUT2D eigenvalue weighted by molar-refractivity contribution is 0.0159. The number of fused-ring (bicyclic) bond motifs is 3. The van der Waals surface area contributed by atoms with E-state index < -0.39 is 11.6 Å². The van der Waals surface area contributed by atoms with Crippen LogP contribution in [-0.4, -0.2) is 54.3 Å². The first-order valence-electron chi connectivity index (χ1n) is 6.11. The molecule has 0 radical (unpaired) electrons. The van der Waals surface area contributed by atoms with Crippen LogP contribution in [0.25, 0.3) is 0 Å². The summed E-state index contributed by atoms with van der Waals surface area (Å²) in [7, 11) is 0. The van der Waals surface area contributed by atoms with Crippen molar-refractivity contribution in [3.8, 4) is 0 Å². The highest BCUT2D eigenvalue weighted by Crippen LogP contribution is 2.20. The zero-order valence-electron chi connectivity index (χ0n) is 9.90. The molecule has 0 N–H and O–H groups in total. The highest BCUT2D eigenvalue weighted by atomic mass is 19.2. The van der Waals surface area contributed by atoms with Gasteiger partial charge in [0.25, 0.3) is 0 Å². The molecule has 1 unspecified atom stereocenters. The molecule has 96 valence electrons. The molecule has 3 aliphatic heterocycles. The van der Waals surface area contributed by atoms with Gasteiger partial charge in [0, 0.05) is 38.3 Å². The minimum absolute atomic E-state index is 0.113. The molecular weight excluding hydrogens is 238 g/mol. The Bertz CT molecular complexity index is 484. The maximum Gasteiger partial charge on any atom is 0.181 e. The lowest BCUT2D eigenvalue weighted by Gasteiger charge is -2.46. The minimum Gasteiger partial charge on any atom is -0.299 e. The number of nitrogens with zero attached hydrogens (tertiary/aromatic N) is 2. The molecule has 5 heteroatoms. The van der Waals surface area contributed by atoms with Crippen LogP contribution < -0.4 is 0 Å². The van der Waals surface area contributed by atoms with Gasteiger partial charge in [0.2, 0.25) is 0 Å². The van der Waals surface area contributed by atoms with Gasteiger partial charge in [0.1, 0.15) is 0 Å². The number of carbonyl (C=O) groups is 1. The second kappa shape index (κ2) is 4.40. The Labute approximate surface area is 104 Å². The van der Waals surface area contributed by atoms with E-state index in [2.05, 4.69) is 9.80 Å². The van der Waals surface area contributed by atoms with Crippen molar-refractivity contribution in [2.75, 3.05) is 32.7 Å². The Kier molecular flexibility index (Phi) is 2.87. The average Bonchev–Trinajstić information content (AvgIpc) is 2.42. The van der Waals surface area contributed by atoms with Gasteiger partial charge in [-0.2, -0.15) is 0 Å². The summed E-state index contributed by atoms with van der Waals surface area (Å²) in [5.41, 5.74) is 0.257. The molecule has 18 heavy (non-hydrogen) atoms. The summed E-state index contributed by atoms with van der Waals surface area (Å²) >= 11 is 0. The van der Waals surface area contributed by atoms with E-state index >= 15 is 0 Å². The van der Waals surface area contributed by atoms with Crippen LogP contribution in [0, 0.1) is 11.6 Å². The second-order valence-corrected chi connectivity index (χ2v) is 4.85. The number of ketones is 1. The van der Waals surface area contributed by atoms with Gasteiger partial charge in [0.05, 0.1) is 6.04 Å². The van der Waals surface area contributed by atoms with Crippen molar-refractivity contribution in [1.82, 2.24) is 9.80 Å².